The fraction of sp³-hybridized carbons (Fsp3) is 0.233. The van der Waals surface area contributed by atoms with Crippen LogP contribution < -0.4 is 19.1 Å². The van der Waals surface area contributed by atoms with Gasteiger partial charge in [-0.05, 0) is 53.4 Å². The van der Waals surface area contributed by atoms with Crippen LogP contribution in [0, 0.1) is 0 Å². The predicted molar refractivity (Wildman–Crippen MR) is 149 cm³/mol. The van der Waals surface area contributed by atoms with Crippen LogP contribution in [0.15, 0.2) is 66.2 Å². The molecular formula is C30H26N2O6S. The third-order valence-corrected chi connectivity index (χ3v) is 7.99. The van der Waals surface area contributed by atoms with Gasteiger partial charge in [0.25, 0.3) is 5.78 Å². The molecule has 3 heterocycles. The Balaban J connectivity index is 1.52. The van der Waals surface area contributed by atoms with E-state index in [-0.39, 0.29) is 11.3 Å². The quantitative estimate of drug-likeness (QED) is 0.193. The highest BCUT2D eigenvalue weighted by atomic mass is 32.1. The lowest BCUT2D eigenvalue weighted by Gasteiger charge is -2.23. The van der Waals surface area contributed by atoms with Crippen LogP contribution in [0.2, 0.25) is 0 Å². The number of ketones is 1. The molecule has 8 nitrogen and oxygen atoms in total. The Morgan fingerprint density at radius 1 is 1.03 bits per heavy atom. The Labute approximate surface area is 229 Å². The molecule has 2 aliphatic rings. The number of fused-ring (bicyclic) bond motifs is 2. The van der Waals surface area contributed by atoms with Crippen LogP contribution in [-0.2, 0) is 9.59 Å². The molecule has 1 amide bonds. The lowest BCUT2D eigenvalue weighted by molar-refractivity contribution is -0.132. The molecule has 39 heavy (non-hydrogen) atoms. The number of nitrogens with zero attached hydrogens (tertiary/aromatic N) is 2. The Morgan fingerprint density at radius 3 is 2.49 bits per heavy atom. The fourth-order valence-corrected chi connectivity index (χ4v) is 5.90. The number of amides is 1. The molecule has 0 spiro atoms. The van der Waals surface area contributed by atoms with E-state index in [1.165, 1.54) is 16.2 Å². The maximum absolute atomic E-state index is 13.6. The summed E-state index contributed by atoms with van der Waals surface area (Å²) in [4.78, 5) is 33.2. The molecule has 1 N–H and O–H groups in total. The number of carbonyl (C=O) groups excluding carboxylic acids is 2. The number of methoxy groups -OCH3 is 1. The number of aromatic nitrogens is 1. The van der Waals surface area contributed by atoms with E-state index >= 15 is 0 Å². The fourth-order valence-electron chi connectivity index (χ4n) is 4.88. The summed E-state index contributed by atoms with van der Waals surface area (Å²) < 4.78 is 17.4. The van der Waals surface area contributed by atoms with E-state index in [4.69, 9.17) is 14.2 Å². The Kier molecular flexibility index (Phi) is 6.23. The minimum Gasteiger partial charge on any atom is -0.507 e. The summed E-state index contributed by atoms with van der Waals surface area (Å²) in [6, 6.07) is 17.3. The monoisotopic (exact) mass is 542 g/mol. The first-order valence-electron chi connectivity index (χ1n) is 12.6. The molecule has 1 aromatic heterocycles. The van der Waals surface area contributed by atoms with Crippen molar-refractivity contribution in [3.8, 4) is 17.2 Å². The van der Waals surface area contributed by atoms with Crippen molar-refractivity contribution in [2.75, 3.05) is 25.2 Å². The summed E-state index contributed by atoms with van der Waals surface area (Å²) >= 11 is 1.29. The van der Waals surface area contributed by atoms with Gasteiger partial charge < -0.3 is 19.3 Å². The summed E-state index contributed by atoms with van der Waals surface area (Å²) in [7, 11) is 1.58. The first-order chi connectivity index (χ1) is 18.9. The van der Waals surface area contributed by atoms with Crippen LogP contribution >= 0.6 is 11.3 Å². The van der Waals surface area contributed by atoms with Crippen LogP contribution in [0.25, 0.3) is 16.0 Å². The van der Waals surface area contributed by atoms with Gasteiger partial charge in [-0.3, -0.25) is 14.5 Å². The van der Waals surface area contributed by atoms with E-state index in [0.29, 0.717) is 58.2 Å². The number of ether oxygens (including phenoxy) is 3. The molecular weight excluding hydrogens is 516 g/mol. The number of carbonyl (C=O) groups is 2. The normalized spacial score (nSPS) is 18.3. The first-order valence-corrected chi connectivity index (χ1v) is 13.4. The average Bonchev–Trinajstić information content (AvgIpc) is 3.49. The van der Waals surface area contributed by atoms with Crippen molar-refractivity contribution in [3.63, 3.8) is 0 Å². The summed E-state index contributed by atoms with van der Waals surface area (Å²) in [5, 5.41) is 11.9. The number of aliphatic hydroxyl groups excluding tert-OH is 1. The molecule has 0 unspecified atom stereocenters. The second-order valence-electron chi connectivity index (χ2n) is 9.68. The van der Waals surface area contributed by atoms with Crippen LogP contribution in [0.3, 0.4) is 0 Å². The highest BCUT2D eigenvalue weighted by Crippen LogP contribution is 2.45. The summed E-state index contributed by atoms with van der Waals surface area (Å²) in [6.07, 6.45) is 0. The van der Waals surface area contributed by atoms with Gasteiger partial charge in [-0.25, -0.2) is 4.98 Å². The van der Waals surface area contributed by atoms with E-state index in [9.17, 15) is 14.7 Å². The molecule has 2 aliphatic heterocycles. The number of thiazole rings is 1. The summed E-state index contributed by atoms with van der Waals surface area (Å²) in [5.74, 6) is 0.187. The van der Waals surface area contributed by atoms with Crippen LogP contribution in [-0.4, -0.2) is 42.1 Å². The van der Waals surface area contributed by atoms with Gasteiger partial charge in [-0.1, -0.05) is 49.4 Å². The molecule has 0 bridgehead atoms. The molecule has 0 aliphatic carbocycles. The zero-order chi connectivity index (χ0) is 27.3. The van der Waals surface area contributed by atoms with Crippen molar-refractivity contribution in [1.29, 1.82) is 0 Å². The third-order valence-electron chi connectivity index (χ3n) is 6.97. The number of hydrogen-bond donors (Lipinski definition) is 1. The number of benzene rings is 3. The van der Waals surface area contributed by atoms with E-state index < -0.39 is 17.7 Å². The molecule has 6 rings (SSSR count). The largest absolute Gasteiger partial charge is 0.507 e. The van der Waals surface area contributed by atoms with Crippen LogP contribution in [0.5, 0.6) is 17.2 Å². The van der Waals surface area contributed by atoms with Gasteiger partial charge in [0, 0.05) is 5.56 Å². The maximum Gasteiger partial charge on any atom is 0.301 e. The lowest BCUT2D eigenvalue weighted by atomic mass is 9.93. The van der Waals surface area contributed by atoms with E-state index in [2.05, 4.69) is 18.8 Å². The standard InChI is InChI=1S/C30H26N2O6S/c1-16(2)17-4-6-18(7-5-17)26-25(27(33)19-8-11-22-23(14-19)38-13-12-37-22)28(34)29(35)32(26)30-31-21-10-9-20(36-3)15-24(21)39-30/h4-11,14-16,26,33H,12-13H2,1-3H3/t26-/m0/s1. The van der Waals surface area contributed by atoms with Crippen molar-refractivity contribution in [2.45, 2.75) is 25.8 Å². The van der Waals surface area contributed by atoms with Crippen molar-refractivity contribution in [3.05, 3.63) is 82.9 Å². The zero-order valence-electron chi connectivity index (χ0n) is 21.6. The van der Waals surface area contributed by atoms with Gasteiger partial charge >= 0.3 is 5.91 Å². The van der Waals surface area contributed by atoms with Crippen LogP contribution in [0.1, 0.15) is 42.5 Å². The number of Topliss-reactive ketones (excluding diaryl/α,β-unsaturated/α-hetero) is 1. The van der Waals surface area contributed by atoms with Crippen LogP contribution in [0.4, 0.5) is 5.13 Å². The van der Waals surface area contributed by atoms with Crippen molar-refractivity contribution >= 4 is 44.1 Å². The number of hydrogen-bond acceptors (Lipinski definition) is 8. The average molecular weight is 543 g/mol. The number of anilines is 1. The highest BCUT2D eigenvalue weighted by Gasteiger charge is 2.48. The van der Waals surface area contributed by atoms with Gasteiger partial charge in [-0.15, -0.1) is 0 Å². The molecule has 0 saturated carbocycles. The highest BCUT2D eigenvalue weighted by molar-refractivity contribution is 7.22. The predicted octanol–water partition coefficient (Wildman–Crippen LogP) is 5.83. The molecule has 1 fully saturated rings. The zero-order valence-corrected chi connectivity index (χ0v) is 22.5. The first kappa shape index (κ1) is 24.9. The van der Waals surface area contributed by atoms with E-state index in [0.717, 1.165) is 10.3 Å². The molecule has 1 atom stereocenters. The smallest absolute Gasteiger partial charge is 0.301 e. The van der Waals surface area contributed by atoms with E-state index in [1.807, 2.05) is 36.4 Å². The summed E-state index contributed by atoms with van der Waals surface area (Å²) in [5.41, 5.74) is 2.84. The number of rotatable bonds is 5. The molecule has 0 radical (unpaired) electrons. The Hall–Kier alpha value is -4.37. The molecule has 3 aromatic carbocycles. The van der Waals surface area contributed by atoms with Crippen molar-refractivity contribution in [2.24, 2.45) is 0 Å². The Morgan fingerprint density at radius 2 is 1.77 bits per heavy atom. The topological polar surface area (TPSA) is 98.2 Å². The van der Waals surface area contributed by atoms with Gasteiger partial charge in [0.05, 0.1) is 28.9 Å². The molecule has 4 aromatic rings. The molecule has 198 valence electrons. The van der Waals surface area contributed by atoms with Crippen molar-refractivity contribution in [1.82, 2.24) is 4.98 Å². The summed E-state index contributed by atoms with van der Waals surface area (Å²) in [6.45, 7) is 5.01. The lowest BCUT2D eigenvalue weighted by Crippen LogP contribution is -2.29. The van der Waals surface area contributed by atoms with Gasteiger partial charge in [0.2, 0.25) is 0 Å². The Bertz CT molecular complexity index is 1640. The minimum atomic E-state index is -0.873. The minimum absolute atomic E-state index is 0.00851. The number of aliphatic hydroxyl groups is 1. The van der Waals surface area contributed by atoms with Gasteiger partial charge in [-0.2, -0.15) is 0 Å². The van der Waals surface area contributed by atoms with Crippen molar-refractivity contribution < 1.29 is 28.9 Å². The molecule has 1 saturated heterocycles. The SMILES string of the molecule is COc1ccc2nc(N3C(=O)C(=O)C(=C(O)c4ccc5c(c4)OCCO5)[C@@H]3c3ccc(C(C)C)cc3)sc2c1. The van der Waals surface area contributed by atoms with E-state index in [1.54, 1.807) is 31.4 Å². The van der Waals surface area contributed by atoms with Gasteiger partial charge in [0.15, 0.2) is 16.6 Å². The second kappa shape index (κ2) is 9.74. The maximum atomic E-state index is 13.6. The second-order valence-corrected chi connectivity index (χ2v) is 10.7. The molecule has 9 heteroatoms. The third kappa shape index (κ3) is 4.28. The van der Waals surface area contributed by atoms with Gasteiger partial charge in [0.1, 0.15) is 24.7 Å².